The molecule has 0 saturated heterocycles. The quantitative estimate of drug-likeness (QED) is 0.547. The van der Waals surface area contributed by atoms with Gasteiger partial charge in [0.05, 0.1) is 0 Å². The van der Waals surface area contributed by atoms with Gasteiger partial charge in [-0.05, 0) is 24.8 Å². The Balaban J connectivity index is 3.09. The summed E-state index contributed by atoms with van der Waals surface area (Å²) < 4.78 is 0. The van der Waals surface area contributed by atoms with Crippen LogP contribution < -0.4 is 16.8 Å². The number of carbonyl (C=O) groups is 2. The number of nitrogens with two attached hydrogens (primary N) is 2. The standard InChI is InChI=1S/C9H13N3O2/c1-2-9(8(11)14)5-6(7(10)13)3-4-12-9/h3-5,12H,2H2,1H3,(H2,10,13)(H2,11,14). The third-order valence-electron chi connectivity index (χ3n) is 2.29. The predicted molar refractivity (Wildman–Crippen MR) is 51.8 cm³/mol. The molecule has 0 aliphatic carbocycles. The molecule has 0 aromatic rings. The first-order valence-electron chi connectivity index (χ1n) is 4.28. The first-order valence-corrected chi connectivity index (χ1v) is 4.28. The van der Waals surface area contributed by atoms with Crippen LogP contribution in [0.4, 0.5) is 0 Å². The maximum absolute atomic E-state index is 11.2. The van der Waals surface area contributed by atoms with E-state index in [2.05, 4.69) is 5.32 Å². The Morgan fingerprint density at radius 3 is 2.57 bits per heavy atom. The Kier molecular flexibility index (Phi) is 2.60. The second kappa shape index (κ2) is 3.53. The number of carbonyl (C=O) groups excluding carboxylic acids is 2. The SMILES string of the molecule is CCC1(C(N)=O)C=C(C(N)=O)C=CN1. The molecule has 1 atom stereocenters. The van der Waals surface area contributed by atoms with Gasteiger partial charge in [0.2, 0.25) is 11.8 Å². The van der Waals surface area contributed by atoms with E-state index in [1.165, 1.54) is 18.4 Å². The molecule has 76 valence electrons. The highest BCUT2D eigenvalue weighted by Gasteiger charge is 2.33. The number of dihydropyridines is 1. The van der Waals surface area contributed by atoms with Crippen LogP contribution in [0.1, 0.15) is 13.3 Å². The Morgan fingerprint density at radius 2 is 2.14 bits per heavy atom. The van der Waals surface area contributed by atoms with Crippen LogP contribution in [-0.2, 0) is 9.59 Å². The minimum absolute atomic E-state index is 0.296. The summed E-state index contributed by atoms with van der Waals surface area (Å²) in [5, 5.41) is 2.83. The number of hydrogen-bond donors (Lipinski definition) is 3. The number of amides is 2. The molecule has 0 aromatic heterocycles. The highest BCUT2D eigenvalue weighted by Crippen LogP contribution is 2.18. The lowest BCUT2D eigenvalue weighted by Crippen LogP contribution is -2.53. The smallest absolute Gasteiger partial charge is 0.248 e. The van der Waals surface area contributed by atoms with E-state index in [0.29, 0.717) is 12.0 Å². The Bertz CT molecular complexity index is 333. The molecule has 0 saturated carbocycles. The van der Waals surface area contributed by atoms with Crippen molar-refractivity contribution < 1.29 is 9.59 Å². The van der Waals surface area contributed by atoms with Gasteiger partial charge in [-0.3, -0.25) is 9.59 Å². The molecule has 0 spiro atoms. The van der Waals surface area contributed by atoms with Gasteiger partial charge < -0.3 is 16.8 Å². The van der Waals surface area contributed by atoms with Gasteiger partial charge in [0, 0.05) is 5.57 Å². The zero-order chi connectivity index (χ0) is 10.8. The molecular formula is C9H13N3O2. The molecule has 1 rings (SSSR count). The third kappa shape index (κ3) is 1.61. The molecule has 5 nitrogen and oxygen atoms in total. The lowest BCUT2D eigenvalue weighted by molar-refractivity contribution is -0.122. The first kappa shape index (κ1) is 10.3. The lowest BCUT2D eigenvalue weighted by atomic mass is 9.90. The normalized spacial score (nSPS) is 25.1. The van der Waals surface area contributed by atoms with Crippen molar-refractivity contribution in [1.82, 2.24) is 5.32 Å². The average Bonchev–Trinajstić information content (AvgIpc) is 2.17. The fourth-order valence-corrected chi connectivity index (χ4v) is 1.31. The van der Waals surface area contributed by atoms with Crippen LogP contribution in [-0.4, -0.2) is 17.4 Å². The molecular weight excluding hydrogens is 182 g/mol. The van der Waals surface area contributed by atoms with Crippen LogP contribution >= 0.6 is 0 Å². The minimum Gasteiger partial charge on any atom is -0.374 e. The zero-order valence-electron chi connectivity index (χ0n) is 7.91. The Hall–Kier alpha value is -1.78. The van der Waals surface area contributed by atoms with E-state index < -0.39 is 17.4 Å². The van der Waals surface area contributed by atoms with E-state index in [-0.39, 0.29) is 0 Å². The highest BCUT2D eigenvalue weighted by atomic mass is 16.2. The molecule has 14 heavy (non-hydrogen) atoms. The van der Waals surface area contributed by atoms with E-state index in [9.17, 15) is 9.59 Å². The van der Waals surface area contributed by atoms with Crippen LogP contribution in [0.25, 0.3) is 0 Å². The summed E-state index contributed by atoms with van der Waals surface area (Å²) in [5.74, 6) is -1.09. The van der Waals surface area contributed by atoms with Crippen LogP contribution in [0.3, 0.4) is 0 Å². The van der Waals surface area contributed by atoms with Crippen molar-refractivity contribution in [2.45, 2.75) is 18.9 Å². The lowest BCUT2D eigenvalue weighted by Gasteiger charge is -2.29. The maximum atomic E-state index is 11.2. The van der Waals surface area contributed by atoms with E-state index in [0.717, 1.165) is 0 Å². The summed E-state index contributed by atoms with van der Waals surface area (Å²) >= 11 is 0. The maximum Gasteiger partial charge on any atom is 0.248 e. The largest absolute Gasteiger partial charge is 0.374 e. The molecule has 5 N–H and O–H groups in total. The van der Waals surface area contributed by atoms with Gasteiger partial charge in [0.15, 0.2) is 0 Å². The van der Waals surface area contributed by atoms with Crippen molar-refractivity contribution in [2.75, 3.05) is 0 Å². The van der Waals surface area contributed by atoms with Crippen molar-refractivity contribution in [1.29, 1.82) is 0 Å². The zero-order valence-corrected chi connectivity index (χ0v) is 7.91. The highest BCUT2D eigenvalue weighted by molar-refractivity contribution is 5.98. The van der Waals surface area contributed by atoms with Crippen molar-refractivity contribution in [2.24, 2.45) is 11.5 Å². The molecule has 1 aliphatic heterocycles. The predicted octanol–water partition coefficient (Wildman–Crippen LogP) is -0.851. The van der Waals surface area contributed by atoms with Crippen LogP contribution in [0, 0.1) is 0 Å². The van der Waals surface area contributed by atoms with Gasteiger partial charge in [-0.2, -0.15) is 0 Å². The summed E-state index contributed by atoms with van der Waals surface area (Å²) in [6.07, 6.45) is 4.95. The molecule has 1 unspecified atom stereocenters. The number of hydrogen-bond acceptors (Lipinski definition) is 3. The topological polar surface area (TPSA) is 98.2 Å². The first-order chi connectivity index (χ1) is 6.52. The van der Waals surface area contributed by atoms with Gasteiger partial charge in [0.1, 0.15) is 5.54 Å². The number of primary amides is 2. The van der Waals surface area contributed by atoms with Crippen LogP contribution in [0.5, 0.6) is 0 Å². The van der Waals surface area contributed by atoms with Crippen LogP contribution in [0.2, 0.25) is 0 Å². The Morgan fingerprint density at radius 1 is 1.50 bits per heavy atom. The fourth-order valence-electron chi connectivity index (χ4n) is 1.31. The minimum atomic E-state index is -0.987. The number of nitrogens with one attached hydrogen (secondary N) is 1. The molecule has 0 aromatic carbocycles. The van der Waals surface area contributed by atoms with Gasteiger partial charge in [-0.1, -0.05) is 6.92 Å². The molecule has 1 heterocycles. The molecule has 2 amide bonds. The van der Waals surface area contributed by atoms with E-state index in [4.69, 9.17) is 11.5 Å². The molecule has 0 fully saturated rings. The second-order valence-electron chi connectivity index (χ2n) is 3.13. The summed E-state index contributed by atoms with van der Waals surface area (Å²) in [7, 11) is 0. The Labute approximate surface area is 81.8 Å². The van der Waals surface area contributed by atoms with Crippen molar-refractivity contribution in [3.63, 3.8) is 0 Å². The summed E-state index contributed by atoms with van der Waals surface area (Å²) in [5.41, 5.74) is 9.66. The summed E-state index contributed by atoms with van der Waals surface area (Å²) in [4.78, 5) is 22.1. The van der Waals surface area contributed by atoms with Crippen LogP contribution in [0.15, 0.2) is 23.9 Å². The van der Waals surface area contributed by atoms with Gasteiger partial charge in [0.25, 0.3) is 0 Å². The number of rotatable bonds is 3. The molecule has 0 bridgehead atoms. The van der Waals surface area contributed by atoms with E-state index in [1.54, 1.807) is 6.92 Å². The van der Waals surface area contributed by atoms with Gasteiger partial charge in [-0.25, -0.2) is 0 Å². The van der Waals surface area contributed by atoms with E-state index in [1.807, 2.05) is 0 Å². The van der Waals surface area contributed by atoms with Gasteiger partial charge >= 0.3 is 0 Å². The van der Waals surface area contributed by atoms with Crippen molar-refractivity contribution in [3.8, 4) is 0 Å². The van der Waals surface area contributed by atoms with E-state index >= 15 is 0 Å². The summed E-state index contributed by atoms with van der Waals surface area (Å²) in [6, 6.07) is 0. The molecule has 5 heteroatoms. The molecule has 0 radical (unpaired) electrons. The summed E-state index contributed by atoms with van der Waals surface area (Å²) in [6.45, 7) is 1.80. The monoisotopic (exact) mass is 195 g/mol. The third-order valence-corrected chi connectivity index (χ3v) is 2.29. The fraction of sp³-hybridized carbons (Fsp3) is 0.333. The average molecular weight is 195 g/mol. The van der Waals surface area contributed by atoms with Gasteiger partial charge in [-0.15, -0.1) is 0 Å². The molecule has 1 aliphatic rings. The second-order valence-corrected chi connectivity index (χ2v) is 3.13. The van der Waals surface area contributed by atoms with Crippen molar-refractivity contribution >= 4 is 11.8 Å². The van der Waals surface area contributed by atoms with Crippen molar-refractivity contribution in [3.05, 3.63) is 23.9 Å².